The molecular formula is C11H10ClNOS. The fourth-order valence-electron chi connectivity index (χ4n) is 1.32. The van der Waals surface area contributed by atoms with Gasteiger partial charge in [-0.1, -0.05) is 29.8 Å². The number of hydrogen-bond donors (Lipinski definition) is 1. The zero-order valence-corrected chi connectivity index (χ0v) is 9.55. The Hall–Kier alpha value is -0.900. The highest BCUT2D eigenvalue weighted by atomic mass is 35.5. The van der Waals surface area contributed by atoms with E-state index in [1.54, 1.807) is 17.6 Å². The first-order chi connectivity index (χ1) is 7.33. The molecule has 15 heavy (non-hydrogen) atoms. The van der Waals surface area contributed by atoms with Gasteiger partial charge in [0.2, 0.25) is 0 Å². The minimum absolute atomic E-state index is 0.0685. The third-order valence-corrected chi connectivity index (χ3v) is 3.62. The van der Waals surface area contributed by atoms with Gasteiger partial charge in [0.05, 0.1) is 23.1 Å². The average Bonchev–Trinajstić information content (AvgIpc) is 2.57. The van der Waals surface area contributed by atoms with Gasteiger partial charge in [0, 0.05) is 16.3 Å². The molecule has 0 saturated heterocycles. The molecule has 0 aliphatic carbocycles. The molecule has 0 atom stereocenters. The monoisotopic (exact) mass is 239 g/mol. The second-order valence-electron chi connectivity index (χ2n) is 3.04. The van der Waals surface area contributed by atoms with Gasteiger partial charge in [-0.2, -0.15) is 0 Å². The highest BCUT2D eigenvalue weighted by Gasteiger charge is 2.06. The van der Waals surface area contributed by atoms with E-state index in [0.29, 0.717) is 6.54 Å². The SMILES string of the molecule is OCCN=Cc1sc2ccccc2c1Cl. The highest BCUT2D eigenvalue weighted by Crippen LogP contribution is 2.33. The van der Waals surface area contributed by atoms with Crippen LogP contribution < -0.4 is 0 Å². The van der Waals surface area contributed by atoms with Crippen molar-refractivity contribution in [3.63, 3.8) is 0 Å². The Kier molecular flexibility index (Phi) is 3.36. The molecule has 0 saturated carbocycles. The summed E-state index contributed by atoms with van der Waals surface area (Å²) in [6.45, 7) is 0.490. The van der Waals surface area contributed by atoms with Gasteiger partial charge in [0.15, 0.2) is 0 Å². The maximum Gasteiger partial charge on any atom is 0.0680 e. The summed E-state index contributed by atoms with van der Waals surface area (Å²) in [7, 11) is 0. The van der Waals surface area contributed by atoms with Crippen molar-refractivity contribution in [3.05, 3.63) is 34.2 Å². The molecule has 0 spiro atoms. The van der Waals surface area contributed by atoms with Crippen LogP contribution in [0.15, 0.2) is 29.3 Å². The normalized spacial score (nSPS) is 11.6. The fraction of sp³-hybridized carbons (Fsp3) is 0.182. The maximum absolute atomic E-state index is 8.61. The summed E-state index contributed by atoms with van der Waals surface area (Å²) in [4.78, 5) is 5.02. The van der Waals surface area contributed by atoms with E-state index in [2.05, 4.69) is 4.99 Å². The lowest BCUT2D eigenvalue weighted by Crippen LogP contribution is -1.87. The van der Waals surface area contributed by atoms with Crippen molar-refractivity contribution in [2.24, 2.45) is 4.99 Å². The Labute approximate surface area is 96.8 Å². The highest BCUT2D eigenvalue weighted by molar-refractivity contribution is 7.21. The number of aliphatic hydroxyl groups is 1. The molecule has 2 nitrogen and oxygen atoms in total. The van der Waals surface area contributed by atoms with E-state index < -0.39 is 0 Å². The summed E-state index contributed by atoms with van der Waals surface area (Å²) >= 11 is 7.80. The second kappa shape index (κ2) is 4.75. The molecule has 0 fully saturated rings. The first kappa shape index (κ1) is 10.6. The van der Waals surface area contributed by atoms with E-state index in [1.165, 1.54) is 0 Å². The van der Waals surface area contributed by atoms with Crippen molar-refractivity contribution < 1.29 is 5.11 Å². The quantitative estimate of drug-likeness (QED) is 0.821. The lowest BCUT2D eigenvalue weighted by atomic mass is 10.2. The van der Waals surface area contributed by atoms with Gasteiger partial charge >= 0.3 is 0 Å². The van der Waals surface area contributed by atoms with Crippen molar-refractivity contribution >= 4 is 39.2 Å². The lowest BCUT2D eigenvalue weighted by molar-refractivity contribution is 0.307. The number of fused-ring (bicyclic) bond motifs is 1. The first-order valence-corrected chi connectivity index (χ1v) is 5.80. The number of hydrogen-bond acceptors (Lipinski definition) is 3. The Morgan fingerprint density at radius 3 is 2.93 bits per heavy atom. The predicted molar refractivity (Wildman–Crippen MR) is 66.4 cm³/mol. The van der Waals surface area contributed by atoms with Gasteiger partial charge in [0.1, 0.15) is 0 Å². The van der Waals surface area contributed by atoms with Crippen molar-refractivity contribution in [1.82, 2.24) is 0 Å². The van der Waals surface area contributed by atoms with Gasteiger partial charge in [0.25, 0.3) is 0 Å². The van der Waals surface area contributed by atoms with Gasteiger partial charge in [-0.3, -0.25) is 4.99 Å². The summed E-state index contributed by atoms with van der Waals surface area (Å²) in [6.07, 6.45) is 1.73. The van der Waals surface area contributed by atoms with Crippen LogP contribution in [0.25, 0.3) is 10.1 Å². The lowest BCUT2D eigenvalue weighted by Gasteiger charge is -1.88. The number of aliphatic hydroxyl groups excluding tert-OH is 1. The Balaban J connectivity index is 2.40. The number of thiophene rings is 1. The number of nitrogens with zero attached hydrogens (tertiary/aromatic N) is 1. The molecule has 0 unspecified atom stereocenters. The van der Waals surface area contributed by atoms with Crippen LogP contribution in [0.4, 0.5) is 0 Å². The summed E-state index contributed by atoms with van der Waals surface area (Å²) in [5, 5.41) is 10.4. The molecular weight excluding hydrogens is 230 g/mol. The third-order valence-electron chi connectivity index (χ3n) is 2.00. The molecule has 1 aromatic carbocycles. The van der Waals surface area contributed by atoms with Crippen molar-refractivity contribution in [2.45, 2.75) is 0 Å². The minimum atomic E-state index is 0.0685. The van der Waals surface area contributed by atoms with Crippen molar-refractivity contribution in [2.75, 3.05) is 13.2 Å². The van der Waals surface area contributed by atoms with Crippen molar-refractivity contribution in [3.8, 4) is 0 Å². The largest absolute Gasteiger partial charge is 0.394 e. The summed E-state index contributed by atoms with van der Waals surface area (Å²) in [5.74, 6) is 0. The summed E-state index contributed by atoms with van der Waals surface area (Å²) in [5.41, 5.74) is 0. The van der Waals surface area contributed by atoms with Crippen LogP contribution in [-0.2, 0) is 0 Å². The Morgan fingerprint density at radius 2 is 2.20 bits per heavy atom. The fourth-order valence-corrected chi connectivity index (χ4v) is 2.70. The van der Waals surface area contributed by atoms with Crippen LogP contribution in [0.5, 0.6) is 0 Å². The smallest absolute Gasteiger partial charge is 0.0680 e. The number of aliphatic imine (C=N–C) groups is 1. The van der Waals surface area contributed by atoms with E-state index in [9.17, 15) is 0 Å². The predicted octanol–water partition coefficient (Wildman–Crippen LogP) is 2.97. The molecule has 1 heterocycles. The third kappa shape index (κ3) is 2.20. The van der Waals surface area contributed by atoms with E-state index in [-0.39, 0.29) is 6.61 Å². The topological polar surface area (TPSA) is 32.6 Å². The van der Waals surface area contributed by atoms with Crippen LogP contribution in [0.2, 0.25) is 5.02 Å². The maximum atomic E-state index is 8.61. The van der Waals surface area contributed by atoms with E-state index in [1.807, 2.05) is 24.3 Å². The van der Waals surface area contributed by atoms with Crippen LogP contribution in [0.1, 0.15) is 4.88 Å². The molecule has 4 heteroatoms. The van der Waals surface area contributed by atoms with Crippen LogP contribution in [0, 0.1) is 0 Å². The Morgan fingerprint density at radius 1 is 1.40 bits per heavy atom. The standard InChI is InChI=1S/C11H10ClNOS/c12-11-8-3-1-2-4-9(8)15-10(11)7-13-5-6-14/h1-4,7,14H,5-6H2. The molecule has 2 rings (SSSR count). The zero-order valence-electron chi connectivity index (χ0n) is 7.98. The van der Waals surface area contributed by atoms with Gasteiger partial charge in [-0.25, -0.2) is 0 Å². The van der Waals surface area contributed by atoms with Gasteiger partial charge in [-0.15, -0.1) is 11.3 Å². The van der Waals surface area contributed by atoms with Gasteiger partial charge < -0.3 is 5.11 Å². The molecule has 0 amide bonds. The summed E-state index contributed by atoms with van der Waals surface area (Å²) < 4.78 is 1.16. The molecule has 1 N–H and O–H groups in total. The number of benzene rings is 1. The molecule has 0 radical (unpaired) electrons. The van der Waals surface area contributed by atoms with Crippen molar-refractivity contribution in [1.29, 1.82) is 0 Å². The molecule has 0 aliphatic heterocycles. The van der Waals surface area contributed by atoms with Crippen LogP contribution in [0.3, 0.4) is 0 Å². The first-order valence-electron chi connectivity index (χ1n) is 4.60. The minimum Gasteiger partial charge on any atom is -0.394 e. The number of halogens is 1. The zero-order chi connectivity index (χ0) is 10.7. The summed E-state index contributed by atoms with van der Waals surface area (Å²) in [6, 6.07) is 7.99. The van der Waals surface area contributed by atoms with Crippen LogP contribution in [-0.4, -0.2) is 24.5 Å². The van der Waals surface area contributed by atoms with E-state index in [4.69, 9.17) is 16.7 Å². The van der Waals surface area contributed by atoms with E-state index >= 15 is 0 Å². The molecule has 78 valence electrons. The second-order valence-corrected chi connectivity index (χ2v) is 4.50. The average molecular weight is 240 g/mol. The molecule has 0 aliphatic rings. The van der Waals surface area contributed by atoms with E-state index in [0.717, 1.165) is 20.0 Å². The Bertz CT molecular complexity index is 492. The molecule has 0 bridgehead atoms. The van der Waals surface area contributed by atoms with Gasteiger partial charge in [-0.05, 0) is 6.07 Å². The molecule has 1 aromatic heterocycles. The van der Waals surface area contributed by atoms with Crippen LogP contribution >= 0.6 is 22.9 Å². The molecule has 2 aromatic rings. The number of rotatable bonds is 3.